The normalized spacial score (nSPS) is 18.3. The molecule has 0 saturated carbocycles. The topological polar surface area (TPSA) is 130 Å². The molecule has 2 N–H and O–H groups in total. The van der Waals surface area contributed by atoms with Gasteiger partial charge in [-0.05, 0) is 43.9 Å². The van der Waals surface area contributed by atoms with Crippen LogP contribution in [-0.2, 0) is 4.74 Å². The van der Waals surface area contributed by atoms with Gasteiger partial charge in [-0.15, -0.1) is 0 Å². The van der Waals surface area contributed by atoms with E-state index in [0.29, 0.717) is 41.7 Å². The third-order valence-corrected chi connectivity index (χ3v) is 7.22. The predicted octanol–water partition coefficient (Wildman–Crippen LogP) is 2.40. The molecule has 0 unspecified atom stereocenters. The maximum atomic E-state index is 13.1. The van der Waals surface area contributed by atoms with Crippen molar-refractivity contribution in [1.29, 1.82) is 5.26 Å². The minimum absolute atomic E-state index is 0.00209. The average Bonchev–Trinajstić information content (AvgIpc) is 3.46. The van der Waals surface area contributed by atoms with Crippen LogP contribution in [0.25, 0.3) is 28.1 Å². The molecule has 180 valence electrons. The summed E-state index contributed by atoms with van der Waals surface area (Å²) in [6.45, 7) is 2.95. The first-order valence-corrected chi connectivity index (χ1v) is 12.2. The summed E-state index contributed by atoms with van der Waals surface area (Å²) in [6, 6.07) is 7.69. The Balaban J connectivity index is 1.52. The van der Waals surface area contributed by atoms with Crippen molar-refractivity contribution in [2.75, 3.05) is 31.6 Å². The molecule has 11 nitrogen and oxygen atoms in total. The number of anilines is 1. The second-order valence-electron chi connectivity index (χ2n) is 9.02. The summed E-state index contributed by atoms with van der Waals surface area (Å²) in [5, 5.41) is 12.9. The molecule has 0 radical (unpaired) electrons. The maximum Gasteiger partial charge on any atom is 0.328 e. The van der Waals surface area contributed by atoms with Gasteiger partial charge in [0.15, 0.2) is 11.5 Å². The molecule has 1 aromatic carbocycles. The Labute approximate surface area is 206 Å². The summed E-state index contributed by atoms with van der Waals surface area (Å²) in [6.07, 6.45) is 4.97. The van der Waals surface area contributed by atoms with Gasteiger partial charge in [-0.3, -0.25) is 13.4 Å². The lowest BCUT2D eigenvalue weighted by Gasteiger charge is -2.29. The van der Waals surface area contributed by atoms with Crippen LogP contribution in [0.4, 0.5) is 5.82 Å². The van der Waals surface area contributed by atoms with Gasteiger partial charge in [0.2, 0.25) is 5.95 Å². The monoisotopic (exact) mass is 491 g/mol. The van der Waals surface area contributed by atoms with Crippen LogP contribution in [0.1, 0.15) is 37.3 Å². The van der Waals surface area contributed by atoms with Crippen LogP contribution in [0.5, 0.6) is 0 Å². The number of piperidine rings is 1. The van der Waals surface area contributed by atoms with E-state index < -0.39 is 0 Å². The van der Waals surface area contributed by atoms with Crippen molar-refractivity contribution in [3.05, 3.63) is 40.6 Å². The molecule has 35 heavy (non-hydrogen) atoms. The molecule has 0 spiro atoms. The molecule has 0 amide bonds. The van der Waals surface area contributed by atoms with E-state index in [1.165, 1.54) is 0 Å². The van der Waals surface area contributed by atoms with E-state index in [4.69, 9.17) is 14.7 Å². The number of hydrogen-bond donors (Lipinski definition) is 3. The van der Waals surface area contributed by atoms with Gasteiger partial charge in [0.05, 0.1) is 22.7 Å². The zero-order chi connectivity index (χ0) is 23.9. The first-order chi connectivity index (χ1) is 17.1. The number of nitrogens with one attached hydrogen (secondary N) is 2. The van der Waals surface area contributed by atoms with E-state index in [2.05, 4.69) is 34.2 Å². The van der Waals surface area contributed by atoms with E-state index in [9.17, 15) is 10.1 Å². The van der Waals surface area contributed by atoms with Gasteiger partial charge in [0, 0.05) is 38.4 Å². The molecule has 3 aromatic heterocycles. The highest BCUT2D eigenvalue weighted by Gasteiger charge is 2.26. The number of rotatable bonds is 4. The first-order valence-electron chi connectivity index (χ1n) is 11.8. The number of benzene rings is 1. The molecule has 5 heterocycles. The number of fused-ring (bicyclic) bond motifs is 2. The van der Waals surface area contributed by atoms with Crippen molar-refractivity contribution in [2.45, 2.75) is 37.8 Å². The minimum atomic E-state index is -0.200. The lowest BCUT2D eigenvalue weighted by Crippen LogP contribution is -2.34. The fraction of sp³-hybridized carbons (Fsp3) is 0.435. The van der Waals surface area contributed by atoms with Crippen LogP contribution in [0.15, 0.2) is 29.3 Å². The van der Waals surface area contributed by atoms with E-state index in [1.807, 2.05) is 10.4 Å². The van der Waals surface area contributed by atoms with Gasteiger partial charge in [-0.25, -0.2) is 9.78 Å². The highest BCUT2D eigenvalue weighted by Crippen LogP contribution is 2.28. The molecule has 6 rings (SSSR count). The second-order valence-corrected chi connectivity index (χ2v) is 9.58. The van der Waals surface area contributed by atoms with Crippen molar-refractivity contribution >= 4 is 40.8 Å². The second kappa shape index (κ2) is 8.99. The Morgan fingerprint density at radius 2 is 1.97 bits per heavy atom. The van der Waals surface area contributed by atoms with Crippen molar-refractivity contribution in [1.82, 2.24) is 33.4 Å². The number of nitriles is 1. The molecule has 2 aliphatic heterocycles. The zero-order valence-corrected chi connectivity index (χ0v) is 19.9. The van der Waals surface area contributed by atoms with Gasteiger partial charge < -0.3 is 15.0 Å². The molecule has 2 saturated heterocycles. The number of ether oxygens (including phenoxy) is 1. The third kappa shape index (κ3) is 4.05. The number of aromatic amines is 1. The largest absolute Gasteiger partial charge is 0.381 e. The standard InChI is InChI=1S/C23H25N9O2S/c24-12-14-1-2-17-18(11-14)31(13-25-17)22-28-20(26-15-3-7-30(35)8-4-15)19-21(29-22)32(23(33)27-19)16-5-9-34-10-6-16/h1-2,11,13,15-16,35H,3-10H2,(H,27,33)(H,26,28,29). The number of aromatic nitrogens is 6. The Bertz CT molecular complexity index is 1490. The Hall–Kier alpha value is -3.40. The van der Waals surface area contributed by atoms with Gasteiger partial charge in [-0.2, -0.15) is 15.2 Å². The number of thiol groups is 1. The zero-order valence-electron chi connectivity index (χ0n) is 19.0. The van der Waals surface area contributed by atoms with Crippen LogP contribution < -0.4 is 11.0 Å². The molecule has 0 bridgehead atoms. The summed E-state index contributed by atoms with van der Waals surface area (Å²) in [7, 11) is 0. The van der Waals surface area contributed by atoms with Gasteiger partial charge >= 0.3 is 5.69 Å². The number of H-pyrrole nitrogens is 1. The van der Waals surface area contributed by atoms with E-state index >= 15 is 0 Å². The summed E-state index contributed by atoms with van der Waals surface area (Å²) < 4.78 is 11.0. The Kier molecular flexibility index (Phi) is 5.68. The summed E-state index contributed by atoms with van der Waals surface area (Å²) in [5.41, 5.74) is 2.94. The third-order valence-electron chi connectivity index (χ3n) is 6.82. The van der Waals surface area contributed by atoms with Crippen LogP contribution in [0.2, 0.25) is 0 Å². The smallest absolute Gasteiger partial charge is 0.328 e. The average molecular weight is 492 g/mol. The lowest BCUT2D eigenvalue weighted by atomic mass is 10.1. The Morgan fingerprint density at radius 3 is 2.74 bits per heavy atom. The fourth-order valence-corrected chi connectivity index (χ4v) is 5.16. The maximum absolute atomic E-state index is 13.1. The molecular weight excluding hydrogens is 466 g/mol. The number of imidazole rings is 2. The SMILES string of the molecule is N#Cc1ccc2ncn(-c3nc(NC4CCN(S)CC4)c4[nH]c(=O)n(C5CCOCC5)c4n3)c2c1. The quantitative estimate of drug-likeness (QED) is 0.371. The minimum Gasteiger partial charge on any atom is -0.381 e. The first kappa shape index (κ1) is 22.1. The van der Waals surface area contributed by atoms with Gasteiger partial charge in [0.1, 0.15) is 11.8 Å². The number of nitrogens with zero attached hydrogens (tertiary/aromatic N) is 7. The summed E-state index contributed by atoms with van der Waals surface area (Å²) in [4.78, 5) is 30.3. The lowest BCUT2D eigenvalue weighted by molar-refractivity contribution is 0.0697. The molecular formula is C23H25N9O2S. The molecule has 4 aromatic rings. The molecule has 12 heteroatoms. The molecule has 2 fully saturated rings. The van der Waals surface area contributed by atoms with Crippen molar-refractivity contribution in [3.63, 3.8) is 0 Å². The summed E-state index contributed by atoms with van der Waals surface area (Å²) >= 11 is 4.46. The van der Waals surface area contributed by atoms with Gasteiger partial charge in [-0.1, -0.05) is 12.8 Å². The van der Waals surface area contributed by atoms with Crippen molar-refractivity contribution in [2.24, 2.45) is 0 Å². The molecule has 2 aliphatic rings. The van der Waals surface area contributed by atoms with E-state index in [1.54, 1.807) is 27.6 Å². The van der Waals surface area contributed by atoms with Crippen LogP contribution in [0.3, 0.4) is 0 Å². The van der Waals surface area contributed by atoms with E-state index in [0.717, 1.165) is 49.8 Å². The van der Waals surface area contributed by atoms with Crippen molar-refractivity contribution in [3.8, 4) is 12.0 Å². The predicted molar refractivity (Wildman–Crippen MR) is 134 cm³/mol. The van der Waals surface area contributed by atoms with Gasteiger partial charge in [0.25, 0.3) is 0 Å². The van der Waals surface area contributed by atoms with E-state index in [-0.39, 0.29) is 17.8 Å². The number of hydrogen-bond acceptors (Lipinski definition) is 9. The fourth-order valence-electron chi connectivity index (χ4n) is 4.92. The van der Waals surface area contributed by atoms with Crippen LogP contribution >= 0.6 is 12.8 Å². The summed E-state index contributed by atoms with van der Waals surface area (Å²) in [5.74, 6) is 0.979. The van der Waals surface area contributed by atoms with Crippen LogP contribution in [0, 0.1) is 11.3 Å². The molecule has 0 aliphatic carbocycles. The van der Waals surface area contributed by atoms with Crippen LogP contribution in [-0.4, -0.2) is 65.7 Å². The highest BCUT2D eigenvalue weighted by molar-refractivity contribution is 7.77. The molecule has 0 atom stereocenters. The highest BCUT2D eigenvalue weighted by atomic mass is 32.1. The Morgan fingerprint density at radius 1 is 1.17 bits per heavy atom. The van der Waals surface area contributed by atoms with Crippen molar-refractivity contribution < 1.29 is 4.74 Å².